The molecule has 0 bridgehead atoms. The van der Waals surface area contributed by atoms with Crippen LogP contribution in [0.3, 0.4) is 0 Å². The normalized spacial score (nSPS) is 23.9. The van der Waals surface area contributed by atoms with Crippen molar-refractivity contribution in [3.63, 3.8) is 0 Å². The van der Waals surface area contributed by atoms with E-state index in [1.54, 1.807) is 13.0 Å². The minimum Gasteiger partial charge on any atom is -0.389 e. The summed E-state index contributed by atoms with van der Waals surface area (Å²) in [6.45, 7) is 2.06. The number of carbonyl (C=O) groups is 1. The van der Waals surface area contributed by atoms with E-state index in [1.807, 2.05) is 0 Å². The second kappa shape index (κ2) is 5.06. The third-order valence-electron chi connectivity index (χ3n) is 3.45. The van der Waals surface area contributed by atoms with E-state index in [0.717, 1.165) is 11.3 Å². The first kappa shape index (κ1) is 15.4. The average Bonchev–Trinajstić information content (AvgIpc) is 2.96. The van der Waals surface area contributed by atoms with Crippen LogP contribution >= 0.6 is 23.6 Å². The van der Waals surface area contributed by atoms with Crippen molar-refractivity contribution in [2.75, 3.05) is 13.1 Å². The number of primary amides is 1. The van der Waals surface area contributed by atoms with Crippen LogP contribution in [0.15, 0.2) is 16.3 Å². The van der Waals surface area contributed by atoms with Crippen molar-refractivity contribution in [3.05, 3.63) is 17.0 Å². The van der Waals surface area contributed by atoms with E-state index < -0.39 is 21.3 Å². The number of rotatable bonds is 4. The number of hydrogen-bond donors (Lipinski definition) is 2. The lowest BCUT2D eigenvalue weighted by atomic mass is 9.89. The van der Waals surface area contributed by atoms with Gasteiger partial charge in [-0.05, 0) is 25.5 Å². The molecule has 1 aromatic rings. The summed E-state index contributed by atoms with van der Waals surface area (Å²) in [7, 11) is -3.63. The summed E-state index contributed by atoms with van der Waals surface area (Å²) < 4.78 is 26.4. The van der Waals surface area contributed by atoms with Gasteiger partial charge >= 0.3 is 0 Å². The maximum absolute atomic E-state index is 12.5. The van der Waals surface area contributed by atoms with Gasteiger partial charge in [-0.15, -0.1) is 11.3 Å². The number of amides is 1. The Morgan fingerprint density at radius 1 is 1.45 bits per heavy atom. The van der Waals surface area contributed by atoms with E-state index >= 15 is 0 Å². The smallest absolute Gasteiger partial charge is 0.252 e. The number of carbonyl (C=O) groups excluding carboxylic acids is 1. The Morgan fingerprint density at radius 2 is 2.10 bits per heavy atom. The lowest BCUT2D eigenvalue weighted by molar-refractivity contribution is -0.126. The number of nitrogens with zero attached hydrogens (tertiary/aromatic N) is 1. The second-order valence-corrected chi connectivity index (χ2v) is 8.68. The predicted octanol–water partition coefficient (Wildman–Crippen LogP) is 0.268. The summed E-state index contributed by atoms with van der Waals surface area (Å²) in [5.74, 6) is -0.481. The van der Waals surface area contributed by atoms with E-state index in [-0.39, 0.29) is 22.3 Å². The molecular weight excluding hydrogens is 318 g/mol. The molecule has 1 saturated heterocycles. The summed E-state index contributed by atoms with van der Waals surface area (Å²) in [5, 5.41) is 0. The molecular formula is C11H15N3O3S3. The number of nitrogens with two attached hydrogens (primary N) is 2. The predicted molar refractivity (Wildman–Crippen MR) is 80.9 cm³/mol. The zero-order valence-corrected chi connectivity index (χ0v) is 13.3. The molecule has 0 aliphatic carbocycles. The summed E-state index contributed by atoms with van der Waals surface area (Å²) in [4.78, 5) is 12.1. The standard InChI is InChI=1S/C11H15N3O3S3/c1-11(10(13)15)4-5-14(6-11)20(16,17)8-3-2-7(19-8)9(12)18/h2-3H,4-6H2,1H3,(H2,12,18)(H2,13,15). The van der Waals surface area contributed by atoms with Gasteiger partial charge in [0, 0.05) is 13.1 Å². The lowest BCUT2D eigenvalue weighted by Crippen LogP contribution is -2.38. The molecule has 110 valence electrons. The van der Waals surface area contributed by atoms with Gasteiger partial charge in [0.15, 0.2) is 0 Å². The van der Waals surface area contributed by atoms with Crippen LogP contribution in [-0.4, -0.2) is 36.7 Å². The molecule has 1 atom stereocenters. The first-order chi connectivity index (χ1) is 9.17. The SMILES string of the molecule is CC1(C(N)=O)CCN(S(=O)(=O)c2ccc(C(N)=S)s2)C1. The zero-order chi connectivity index (χ0) is 15.1. The molecule has 1 aromatic heterocycles. The summed E-state index contributed by atoms with van der Waals surface area (Å²) in [6, 6.07) is 3.07. The fourth-order valence-electron chi connectivity index (χ4n) is 2.04. The molecule has 0 spiro atoms. The van der Waals surface area contributed by atoms with Gasteiger partial charge in [-0.2, -0.15) is 4.31 Å². The quantitative estimate of drug-likeness (QED) is 0.769. The monoisotopic (exact) mass is 333 g/mol. The fraction of sp³-hybridized carbons (Fsp3) is 0.455. The number of hydrogen-bond acceptors (Lipinski definition) is 5. The number of thiophene rings is 1. The fourth-order valence-corrected chi connectivity index (χ4v) is 5.11. The lowest BCUT2D eigenvalue weighted by Gasteiger charge is -2.20. The molecule has 4 N–H and O–H groups in total. The van der Waals surface area contributed by atoms with Gasteiger partial charge in [-0.25, -0.2) is 8.42 Å². The van der Waals surface area contributed by atoms with Crippen molar-refractivity contribution in [3.8, 4) is 0 Å². The Morgan fingerprint density at radius 3 is 2.55 bits per heavy atom. The highest BCUT2D eigenvalue weighted by Gasteiger charge is 2.44. The van der Waals surface area contributed by atoms with E-state index in [9.17, 15) is 13.2 Å². The third-order valence-corrected chi connectivity index (χ3v) is 7.23. The molecule has 0 saturated carbocycles. The van der Waals surface area contributed by atoms with Gasteiger partial charge in [0.1, 0.15) is 9.20 Å². The molecule has 1 aliphatic heterocycles. The van der Waals surface area contributed by atoms with Gasteiger partial charge in [0.05, 0.1) is 10.3 Å². The minimum absolute atomic E-state index is 0.102. The van der Waals surface area contributed by atoms with E-state index in [2.05, 4.69) is 0 Å². The minimum atomic E-state index is -3.63. The van der Waals surface area contributed by atoms with Crippen LogP contribution in [0.2, 0.25) is 0 Å². The molecule has 1 aliphatic rings. The van der Waals surface area contributed by atoms with E-state index in [0.29, 0.717) is 11.3 Å². The molecule has 20 heavy (non-hydrogen) atoms. The van der Waals surface area contributed by atoms with Crippen LogP contribution in [0.25, 0.3) is 0 Å². The molecule has 0 radical (unpaired) electrons. The Hall–Kier alpha value is -1.03. The van der Waals surface area contributed by atoms with Crippen LogP contribution in [0, 0.1) is 5.41 Å². The molecule has 1 fully saturated rings. The topological polar surface area (TPSA) is 106 Å². The van der Waals surface area contributed by atoms with Crippen molar-refractivity contribution in [2.45, 2.75) is 17.6 Å². The van der Waals surface area contributed by atoms with Crippen LogP contribution in [-0.2, 0) is 14.8 Å². The van der Waals surface area contributed by atoms with Gasteiger partial charge in [0.2, 0.25) is 5.91 Å². The Labute approximate surface area is 126 Å². The van der Waals surface area contributed by atoms with Crippen molar-refractivity contribution < 1.29 is 13.2 Å². The summed E-state index contributed by atoms with van der Waals surface area (Å²) >= 11 is 5.85. The van der Waals surface area contributed by atoms with Crippen molar-refractivity contribution in [1.29, 1.82) is 0 Å². The highest BCUT2D eigenvalue weighted by atomic mass is 32.2. The number of sulfonamides is 1. The van der Waals surface area contributed by atoms with Gasteiger partial charge < -0.3 is 11.5 Å². The second-order valence-electron chi connectivity index (χ2n) is 5.00. The highest BCUT2D eigenvalue weighted by Crippen LogP contribution is 2.34. The van der Waals surface area contributed by atoms with Crippen molar-refractivity contribution in [1.82, 2.24) is 4.31 Å². The van der Waals surface area contributed by atoms with Crippen LogP contribution in [0.4, 0.5) is 0 Å². The summed E-state index contributed by atoms with van der Waals surface area (Å²) in [5.41, 5.74) is 10.00. The van der Waals surface area contributed by atoms with Crippen LogP contribution in [0.1, 0.15) is 18.2 Å². The maximum Gasteiger partial charge on any atom is 0.252 e. The molecule has 0 aromatic carbocycles. The zero-order valence-electron chi connectivity index (χ0n) is 10.8. The number of thiocarbonyl (C=S) groups is 1. The molecule has 2 heterocycles. The summed E-state index contributed by atoms with van der Waals surface area (Å²) in [6.07, 6.45) is 0.426. The van der Waals surface area contributed by atoms with Gasteiger partial charge in [0.25, 0.3) is 10.0 Å². The first-order valence-corrected chi connectivity index (χ1v) is 8.53. The Kier molecular flexibility index (Phi) is 3.89. The highest BCUT2D eigenvalue weighted by molar-refractivity contribution is 7.91. The Bertz CT molecular complexity index is 667. The van der Waals surface area contributed by atoms with Gasteiger partial charge in [-0.1, -0.05) is 12.2 Å². The van der Waals surface area contributed by atoms with Crippen LogP contribution < -0.4 is 11.5 Å². The third kappa shape index (κ3) is 2.58. The largest absolute Gasteiger partial charge is 0.389 e. The Balaban J connectivity index is 2.28. The maximum atomic E-state index is 12.5. The van der Waals surface area contributed by atoms with E-state index in [1.165, 1.54) is 10.4 Å². The molecule has 6 nitrogen and oxygen atoms in total. The van der Waals surface area contributed by atoms with Crippen LogP contribution in [0.5, 0.6) is 0 Å². The molecule has 9 heteroatoms. The van der Waals surface area contributed by atoms with Crippen molar-refractivity contribution in [2.24, 2.45) is 16.9 Å². The van der Waals surface area contributed by atoms with Gasteiger partial charge in [-0.3, -0.25) is 4.79 Å². The molecule has 1 unspecified atom stereocenters. The first-order valence-electron chi connectivity index (χ1n) is 5.86. The average molecular weight is 333 g/mol. The molecule has 2 rings (SSSR count). The van der Waals surface area contributed by atoms with E-state index in [4.69, 9.17) is 23.7 Å². The van der Waals surface area contributed by atoms with Crippen molar-refractivity contribution >= 4 is 44.5 Å². The molecule has 1 amide bonds.